The van der Waals surface area contributed by atoms with Gasteiger partial charge < -0.3 is 25.0 Å². The molecule has 0 bridgehead atoms. The minimum absolute atomic E-state index is 0.236. The highest BCUT2D eigenvalue weighted by atomic mass is 32.1. The van der Waals surface area contributed by atoms with Crippen molar-refractivity contribution in [1.29, 1.82) is 0 Å². The summed E-state index contributed by atoms with van der Waals surface area (Å²) in [6.07, 6.45) is 2.62. The number of nitrogens with two attached hydrogens (primary N) is 1. The number of amides is 2. The number of ether oxygens (including phenoxy) is 2. The Balaban J connectivity index is 1.46. The largest absolute Gasteiger partial charge is 0.470 e. The lowest BCUT2D eigenvalue weighted by Crippen LogP contribution is -2.42. The number of urea groups is 1. The van der Waals surface area contributed by atoms with Gasteiger partial charge in [0.2, 0.25) is 0 Å². The van der Waals surface area contributed by atoms with E-state index >= 15 is 0 Å². The summed E-state index contributed by atoms with van der Waals surface area (Å²) in [5.41, 5.74) is 6.90. The van der Waals surface area contributed by atoms with Gasteiger partial charge in [-0.1, -0.05) is 50.4 Å². The molecule has 1 aliphatic heterocycles. The first-order valence-corrected chi connectivity index (χ1v) is 12.7. The summed E-state index contributed by atoms with van der Waals surface area (Å²) in [5, 5.41) is 0.719. The Morgan fingerprint density at radius 1 is 1.03 bits per heavy atom. The van der Waals surface area contributed by atoms with Crippen LogP contribution in [0, 0.1) is 0 Å². The quantitative estimate of drug-likeness (QED) is 0.244. The first kappa shape index (κ1) is 25.7. The van der Waals surface area contributed by atoms with Crippen LogP contribution >= 0.6 is 25.0 Å². The second-order valence-electron chi connectivity index (χ2n) is 8.40. The number of rotatable bonds is 10. The average Bonchev–Trinajstić information content (AvgIpc) is 3.28. The fourth-order valence-corrected chi connectivity index (χ4v) is 4.54. The molecule has 3 aromatic rings. The number of unbranched alkanes of at least 4 members (excludes halogenated alkanes) is 1. The van der Waals surface area contributed by atoms with Gasteiger partial charge in [-0.25, -0.2) is 9.10 Å². The molecule has 9 heteroatoms. The van der Waals surface area contributed by atoms with Gasteiger partial charge >= 0.3 is 6.03 Å². The average molecular weight is 523 g/mol. The van der Waals surface area contributed by atoms with Gasteiger partial charge in [-0.05, 0) is 67.2 Å². The molecule has 1 aliphatic rings. The Morgan fingerprint density at radius 3 is 2.42 bits per heavy atom. The number of anilines is 2. The van der Waals surface area contributed by atoms with Crippen LogP contribution in [0.25, 0.3) is 0 Å². The third-order valence-corrected chi connectivity index (χ3v) is 6.75. The number of carbonyl (C=O) groups excluding carboxylic acids is 1. The van der Waals surface area contributed by atoms with E-state index in [1.54, 1.807) is 18.2 Å². The van der Waals surface area contributed by atoms with Crippen LogP contribution in [0.4, 0.5) is 16.2 Å². The molecule has 188 valence electrons. The highest BCUT2D eigenvalue weighted by Gasteiger charge is 2.32. The number of benzene rings is 3. The summed E-state index contributed by atoms with van der Waals surface area (Å²) in [7, 11) is 0. The molecule has 2 amide bonds. The molecule has 0 spiro atoms. The van der Waals surface area contributed by atoms with Crippen molar-refractivity contribution in [2.24, 2.45) is 5.73 Å². The van der Waals surface area contributed by atoms with Crippen molar-refractivity contribution in [3.05, 3.63) is 78.9 Å². The van der Waals surface area contributed by atoms with Crippen LogP contribution < -0.4 is 24.4 Å². The van der Waals surface area contributed by atoms with Crippen molar-refractivity contribution in [2.75, 3.05) is 22.3 Å². The van der Waals surface area contributed by atoms with E-state index < -0.39 is 6.03 Å². The van der Waals surface area contributed by atoms with Gasteiger partial charge in [0.1, 0.15) is 17.2 Å². The Hall–Kier alpha value is -3.43. The number of hydrogen-bond acceptors (Lipinski definition) is 5. The smallest absolute Gasteiger partial charge is 0.329 e. The van der Waals surface area contributed by atoms with Crippen molar-refractivity contribution in [2.45, 2.75) is 32.4 Å². The summed E-state index contributed by atoms with van der Waals surface area (Å²) in [5.74, 6) is 2.19. The van der Waals surface area contributed by atoms with E-state index in [1.165, 1.54) is 0 Å². The maximum atomic E-state index is 11.5. The number of primary amides is 1. The number of carbonyl (C=O) groups is 1. The van der Waals surface area contributed by atoms with Crippen molar-refractivity contribution >= 4 is 47.6 Å². The number of hydrogen-bond donors (Lipinski definition) is 2. The van der Waals surface area contributed by atoms with E-state index in [0.717, 1.165) is 59.0 Å². The number of thiocarbonyl (C=S) groups is 1. The van der Waals surface area contributed by atoms with Crippen LogP contribution in [-0.2, 0) is 0 Å². The lowest BCUT2D eigenvalue weighted by molar-refractivity contribution is 0.0772. The van der Waals surface area contributed by atoms with Crippen molar-refractivity contribution in [3.63, 3.8) is 0 Å². The normalized spacial score (nSPS) is 14.0. The Bertz CT molecular complexity index is 1180. The second-order valence-corrected chi connectivity index (χ2v) is 9.16. The minimum atomic E-state index is -0.658. The molecule has 1 heterocycles. The van der Waals surface area contributed by atoms with Crippen molar-refractivity contribution in [1.82, 2.24) is 4.90 Å². The highest BCUT2D eigenvalue weighted by molar-refractivity contribution is 7.82. The maximum absolute atomic E-state index is 11.5. The molecule has 1 atom stereocenters. The van der Waals surface area contributed by atoms with Gasteiger partial charge in [0.25, 0.3) is 0 Å². The number of para-hydroxylation sites is 1. The summed E-state index contributed by atoms with van der Waals surface area (Å²) in [6.45, 7) is 3.65. The topological polar surface area (TPSA) is 71.3 Å². The van der Waals surface area contributed by atoms with Gasteiger partial charge in [-0.2, -0.15) is 0 Å². The predicted octanol–water partition coefficient (Wildman–Crippen LogP) is 6.21. The first-order chi connectivity index (χ1) is 17.5. The molecule has 0 radical (unpaired) electrons. The summed E-state index contributed by atoms with van der Waals surface area (Å²) in [4.78, 5) is 15.7. The van der Waals surface area contributed by atoms with Gasteiger partial charge in [0.05, 0.1) is 5.69 Å². The summed E-state index contributed by atoms with van der Waals surface area (Å²) in [6, 6.07) is 24.1. The van der Waals surface area contributed by atoms with E-state index in [9.17, 15) is 4.79 Å². The fraction of sp³-hybridized carbons (Fsp3) is 0.259. The van der Waals surface area contributed by atoms with Crippen LogP contribution in [-0.4, -0.2) is 35.4 Å². The van der Waals surface area contributed by atoms with Gasteiger partial charge in [0.15, 0.2) is 11.3 Å². The van der Waals surface area contributed by atoms with Gasteiger partial charge in [-0.3, -0.25) is 0 Å². The van der Waals surface area contributed by atoms with Crippen LogP contribution in [0.5, 0.6) is 17.2 Å². The monoisotopic (exact) mass is 522 g/mol. The zero-order valence-corrected chi connectivity index (χ0v) is 21.8. The SMILES string of the molecule is CCCCC(Oc1cccc(N(S)C(N)=O)c1)N1CCN(c2ccc(Oc3ccccc3)cc2)C1=S. The molecular weight excluding hydrogens is 492 g/mol. The van der Waals surface area contributed by atoms with Gasteiger partial charge in [-0.15, -0.1) is 0 Å². The van der Waals surface area contributed by atoms with Crippen molar-refractivity contribution < 1.29 is 14.3 Å². The standard InChI is InChI=1S/C27H30N4O3S2/c1-2-3-12-25(34-24-11-7-8-21(19-24)31(36)26(28)32)30-18-17-29(27(30)35)20-13-15-23(16-14-20)33-22-9-5-4-6-10-22/h4-11,13-16,19,25,36H,2-3,12,17-18H2,1H3,(H2,28,32). The van der Waals surface area contributed by atoms with Gasteiger partial charge in [0, 0.05) is 31.3 Å². The van der Waals surface area contributed by atoms with E-state index in [2.05, 4.69) is 29.5 Å². The van der Waals surface area contributed by atoms with E-state index in [1.807, 2.05) is 60.7 Å². The van der Waals surface area contributed by atoms with Crippen molar-refractivity contribution in [3.8, 4) is 17.2 Å². The molecule has 3 aromatic carbocycles. The summed E-state index contributed by atoms with van der Waals surface area (Å²) < 4.78 is 13.4. The van der Waals surface area contributed by atoms with Crippen LogP contribution in [0.3, 0.4) is 0 Å². The Morgan fingerprint density at radius 2 is 1.72 bits per heavy atom. The predicted molar refractivity (Wildman–Crippen MR) is 151 cm³/mol. The molecule has 36 heavy (non-hydrogen) atoms. The van der Waals surface area contributed by atoms with Crippen LogP contribution in [0.2, 0.25) is 0 Å². The van der Waals surface area contributed by atoms with E-state index in [4.69, 9.17) is 27.4 Å². The molecule has 1 unspecified atom stereocenters. The maximum Gasteiger partial charge on any atom is 0.329 e. The third-order valence-electron chi connectivity index (χ3n) is 5.86. The lowest BCUT2D eigenvalue weighted by atomic mass is 10.2. The lowest BCUT2D eigenvalue weighted by Gasteiger charge is -2.31. The Labute approximate surface area is 222 Å². The van der Waals surface area contributed by atoms with Crippen LogP contribution in [0.15, 0.2) is 78.9 Å². The van der Waals surface area contributed by atoms with Crippen LogP contribution in [0.1, 0.15) is 26.2 Å². The molecule has 0 aliphatic carbocycles. The Kier molecular flexibility index (Phi) is 8.56. The number of thiol groups is 1. The van der Waals surface area contributed by atoms with E-state index in [-0.39, 0.29) is 6.23 Å². The molecule has 1 saturated heterocycles. The van der Waals surface area contributed by atoms with E-state index in [0.29, 0.717) is 11.4 Å². The second kappa shape index (κ2) is 12.0. The molecule has 2 N–H and O–H groups in total. The molecular formula is C27H30N4O3S2. The third kappa shape index (κ3) is 6.22. The minimum Gasteiger partial charge on any atom is -0.470 e. The first-order valence-electron chi connectivity index (χ1n) is 11.9. The zero-order chi connectivity index (χ0) is 25.5. The fourth-order valence-electron chi connectivity index (χ4n) is 4.01. The molecule has 4 rings (SSSR count). The number of nitrogens with zero attached hydrogens (tertiary/aromatic N) is 3. The molecule has 1 fully saturated rings. The molecule has 0 saturated carbocycles. The molecule has 0 aromatic heterocycles. The summed E-state index contributed by atoms with van der Waals surface area (Å²) >= 11 is 10.0. The zero-order valence-electron chi connectivity index (χ0n) is 20.1. The highest BCUT2D eigenvalue weighted by Crippen LogP contribution is 2.30. The molecule has 7 nitrogen and oxygen atoms in total.